The van der Waals surface area contributed by atoms with E-state index >= 15 is 0 Å². The van der Waals surface area contributed by atoms with Crippen LogP contribution in [0.1, 0.15) is 31.3 Å². The molecule has 3 rings (SSSR count). The van der Waals surface area contributed by atoms with Gasteiger partial charge in [-0.3, -0.25) is 4.79 Å². The molecule has 0 spiro atoms. The Bertz CT molecular complexity index is 1060. The minimum atomic E-state index is -3.77. The highest BCUT2D eigenvalue weighted by atomic mass is 32.2. The Labute approximate surface area is 181 Å². The third-order valence-corrected chi connectivity index (χ3v) is 4.95. The van der Waals surface area contributed by atoms with Crippen LogP contribution in [0.3, 0.4) is 0 Å². The van der Waals surface area contributed by atoms with Gasteiger partial charge in [-0.2, -0.15) is 5.26 Å². The summed E-state index contributed by atoms with van der Waals surface area (Å²) in [5.41, 5.74) is -0.365. The summed E-state index contributed by atoms with van der Waals surface area (Å²) in [4.78, 5) is 17.7. The van der Waals surface area contributed by atoms with Gasteiger partial charge in [-0.15, -0.1) is 20.5 Å². The second-order valence-corrected chi connectivity index (χ2v) is 8.20. The normalized spacial score (nSPS) is 14.0. The van der Waals surface area contributed by atoms with Crippen LogP contribution >= 0.6 is 11.8 Å². The summed E-state index contributed by atoms with van der Waals surface area (Å²) in [5.74, 6) is 0.116. The molecule has 0 aliphatic carbocycles. The second kappa shape index (κ2) is 8.47. The number of rotatable bonds is 7. The lowest BCUT2D eigenvalue weighted by atomic mass is 10.2. The van der Waals surface area contributed by atoms with E-state index in [-0.39, 0.29) is 22.9 Å². The highest BCUT2D eigenvalue weighted by molar-refractivity contribution is 7.99. The van der Waals surface area contributed by atoms with Gasteiger partial charge in [-0.05, 0) is 25.7 Å². The average Bonchev–Trinajstić information content (AvgIpc) is 3.00. The largest absolute Gasteiger partial charge is 0.586 e. The van der Waals surface area contributed by atoms with Gasteiger partial charge in [-0.25, -0.2) is 4.98 Å². The molecular formula is C20H20F2N4O4S. The minimum absolute atomic E-state index is 0.124. The minimum Gasteiger partial charge on any atom is -0.471 e. The van der Waals surface area contributed by atoms with E-state index in [1.807, 2.05) is 13.0 Å². The molecule has 1 amide bonds. The molecule has 1 aliphatic rings. The number of halogens is 2. The smallest absolute Gasteiger partial charge is 0.471 e. The Morgan fingerprint density at radius 2 is 1.94 bits per heavy atom. The van der Waals surface area contributed by atoms with Gasteiger partial charge >= 0.3 is 6.29 Å². The highest BCUT2D eigenvalue weighted by Gasteiger charge is 2.44. The molecule has 2 aromatic rings. The first-order valence-electron chi connectivity index (χ1n) is 9.23. The van der Waals surface area contributed by atoms with E-state index in [2.05, 4.69) is 25.1 Å². The quantitative estimate of drug-likeness (QED) is 0.595. The molecule has 2 N–H and O–H groups in total. The van der Waals surface area contributed by atoms with Crippen molar-refractivity contribution in [3.63, 3.8) is 0 Å². The van der Waals surface area contributed by atoms with Crippen molar-refractivity contribution in [2.45, 2.75) is 37.6 Å². The van der Waals surface area contributed by atoms with Crippen molar-refractivity contribution < 1.29 is 27.8 Å². The molecule has 11 heteroatoms. The van der Waals surface area contributed by atoms with Crippen LogP contribution in [0.2, 0.25) is 0 Å². The number of ether oxygens (including phenoxy) is 3. The van der Waals surface area contributed by atoms with Crippen molar-refractivity contribution in [3.8, 4) is 23.3 Å². The summed E-state index contributed by atoms with van der Waals surface area (Å²) in [6, 6.07) is 6.22. The van der Waals surface area contributed by atoms with E-state index < -0.39 is 17.8 Å². The number of carbonyl (C=O) groups is 1. The number of anilines is 2. The molecule has 1 aromatic heterocycles. The van der Waals surface area contributed by atoms with E-state index in [1.54, 1.807) is 27.0 Å². The van der Waals surface area contributed by atoms with Crippen LogP contribution in [-0.4, -0.2) is 35.6 Å². The SMILES string of the molecule is CCSc1cc(OC(C)(C)C#N)cnc1C(=O)Nc1cc2c(cc1NC)OC(F)(F)O2. The Hall–Kier alpha value is -3.26. The molecule has 1 aromatic carbocycles. The molecule has 0 unspecified atom stereocenters. The van der Waals surface area contributed by atoms with E-state index in [0.29, 0.717) is 22.1 Å². The number of aromatic nitrogens is 1. The number of fused-ring (bicyclic) bond motifs is 1. The fourth-order valence-corrected chi connectivity index (χ4v) is 3.52. The number of amides is 1. The van der Waals surface area contributed by atoms with Crippen molar-refractivity contribution in [1.29, 1.82) is 5.26 Å². The van der Waals surface area contributed by atoms with Gasteiger partial charge in [0.25, 0.3) is 5.91 Å². The Morgan fingerprint density at radius 3 is 2.52 bits per heavy atom. The lowest BCUT2D eigenvalue weighted by Gasteiger charge is -2.19. The molecule has 0 saturated carbocycles. The first kappa shape index (κ1) is 22.4. The van der Waals surface area contributed by atoms with Crippen molar-refractivity contribution in [1.82, 2.24) is 4.98 Å². The van der Waals surface area contributed by atoms with Gasteiger partial charge < -0.3 is 24.8 Å². The van der Waals surface area contributed by atoms with Gasteiger partial charge in [0.2, 0.25) is 0 Å². The molecule has 0 atom stereocenters. The standard InChI is InChI=1S/C20H20F2N4O4S/c1-5-31-16-6-11(28-19(2,3)10-23)9-25-17(16)18(27)26-13-8-15-14(7-12(13)24-4)29-20(21,22)30-15/h6-9,24H,5H2,1-4H3,(H,26,27). The Kier molecular flexibility index (Phi) is 6.13. The number of hydrogen-bond acceptors (Lipinski definition) is 8. The molecule has 2 heterocycles. The zero-order valence-corrected chi connectivity index (χ0v) is 18.0. The fraction of sp³-hybridized carbons (Fsp3) is 0.350. The molecule has 164 valence electrons. The second-order valence-electron chi connectivity index (χ2n) is 6.89. The lowest BCUT2D eigenvalue weighted by molar-refractivity contribution is -0.286. The zero-order valence-electron chi connectivity index (χ0n) is 17.2. The predicted octanol–water partition coefficient (Wildman–Crippen LogP) is 4.49. The molecule has 8 nitrogen and oxygen atoms in total. The third-order valence-electron chi connectivity index (χ3n) is 4.04. The van der Waals surface area contributed by atoms with Crippen LogP contribution in [0.4, 0.5) is 20.2 Å². The highest BCUT2D eigenvalue weighted by Crippen LogP contribution is 2.45. The molecule has 0 saturated heterocycles. The van der Waals surface area contributed by atoms with Gasteiger partial charge in [0.15, 0.2) is 17.1 Å². The fourth-order valence-electron chi connectivity index (χ4n) is 2.72. The molecule has 1 aliphatic heterocycles. The van der Waals surface area contributed by atoms with Crippen molar-refractivity contribution in [3.05, 3.63) is 30.1 Å². The number of benzene rings is 1. The molecule has 0 bridgehead atoms. The van der Waals surface area contributed by atoms with Gasteiger partial charge in [0.1, 0.15) is 17.5 Å². The van der Waals surface area contributed by atoms with Crippen molar-refractivity contribution >= 4 is 29.0 Å². The lowest BCUT2D eigenvalue weighted by Crippen LogP contribution is -2.26. The van der Waals surface area contributed by atoms with Crippen LogP contribution < -0.4 is 24.8 Å². The van der Waals surface area contributed by atoms with Crippen LogP contribution in [-0.2, 0) is 0 Å². The van der Waals surface area contributed by atoms with Crippen LogP contribution in [0.5, 0.6) is 17.2 Å². The monoisotopic (exact) mass is 450 g/mol. The molecule has 0 fully saturated rings. The summed E-state index contributed by atoms with van der Waals surface area (Å²) in [6.07, 6.45) is -2.41. The summed E-state index contributed by atoms with van der Waals surface area (Å²) >= 11 is 1.37. The van der Waals surface area contributed by atoms with Gasteiger partial charge in [-0.1, -0.05) is 6.92 Å². The number of nitriles is 1. The summed E-state index contributed by atoms with van der Waals surface area (Å²) < 4.78 is 41.2. The van der Waals surface area contributed by atoms with Crippen LogP contribution in [0, 0.1) is 11.3 Å². The number of nitrogens with one attached hydrogen (secondary N) is 2. The van der Waals surface area contributed by atoms with Crippen molar-refractivity contribution in [2.24, 2.45) is 0 Å². The number of thioether (sulfide) groups is 1. The van der Waals surface area contributed by atoms with E-state index in [4.69, 9.17) is 10.00 Å². The van der Waals surface area contributed by atoms with E-state index in [0.717, 1.165) is 0 Å². The topological polar surface area (TPSA) is 106 Å². The number of carbonyl (C=O) groups excluding carboxylic acids is 1. The molecular weight excluding hydrogens is 430 g/mol. The van der Waals surface area contributed by atoms with E-state index in [1.165, 1.54) is 30.1 Å². The maximum absolute atomic E-state index is 13.4. The van der Waals surface area contributed by atoms with E-state index in [9.17, 15) is 13.6 Å². The Balaban J connectivity index is 1.89. The summed E-state index contributed by atoms with van der Waals surface area (Å²) in [7, 11) is 1.57. The first-order valence-corrected chi connectivity index (χ1v) is 10.2. The van der Waals surface area contributed by atoms with Gasteiger partial charge in [0, 0.05) is 24.1 Å². The third kappa shape index (κ3) is 5.08. The maximum atomic E-state index is 13.4. The average molecular weight is 450 g/mol. The maximum Gasteiger partial charge on any atom is 0.586 e. The first-order chi connectivity index (χ1) is 14.6. The number of nitrogens with zero attached hydrogens (tertiary/aromatic N) is 2. The summed E-state index contributed by atoms with van der Waals surface area (Å²) in [5, 5.41) is 14.6. The van der Waals surface area contributed by atoms with Gasteiger partial charge in [0.05, 0.1) is 17.6 Å². The molecule has 31 heavy (non-hydrogen) atoms. The van der Waals surface area contributed by atoms with Crippen LogP contribution in [0.15, 0.2) is 29.3 Å². The zero-order chi connectivity index (χ0) is 22.8. The van der Waals surface area contributed by atoms with Crippen LogP contribution in [0.25, 0.3) is 0 Å². The Morgan fingerprint density at radius 1 is 1.29 bits per heavy atom. The number of alkyl halides is 2. The molecule has 0 radical (unpaired) electrons. The number of pyridine rings is 1. The summed E-state index contributed by atoms with van der Waals surface area (Å²) in [6.45, 7) is 5.14. The van der Waals surface area contributed by atoms with Crippen molar-refractivity contribution in [2.75, 3.05) is 23.4 Å². The number of hydrogen-bond donors (Lipinski definition) is 2. The predicted molar refractivity (Wildman–Crippen MR) is 111 cm³/mol.